The van der Waals surface area contributed by atoms with Crippen molar-refractivity contribution in [3.05, 3.63) is 0 Å². The molecule has 5 heteroatoms. The molecule has 1 rings (SSSR count). The van der Waals surface area contributed by atoms with E-state index < -0.39 is 9.84 Å². The van der Waals surface area contributed by atoms with Crippen molar-refractivity contribution in [3.8, 4) is 0 Å². The number of rotatable bonds is 1. The number of piperidine rings is 1. The molecule has 0 atom stereocenters. The van der Waals surface area contributed by atoms with Crippen LogP contribution < -0.4 is 0 Å². The molecule has 1 heterocycles. The third kappa shape index (κ3) is 2.65. The Hall–Kier alpha value is 0.260. The van der Waals surface area contributed by atoms with Crippen molar-refractivity contribution >= 4 is 22.7 Å². The maximum Gasteiger partial charge on any atom is 0.150 e. The van der Waals surface area contributed by atoms with Crippen LogP contribution in [0.1, 0.15) is 12.8 Å². The number of thiol groups is 1. The molecule has 0 spiro atoms. The number of hydrogen-bond donors (Lipinski definition) is 1. The Kier molecular flexibility index (Phi) is 2.83. The second kappa shape index (κ2) is 3.33. The Balaban J connectivity index is 2.53. The monoisotopic (exact) mass is 195 g/mol. The SMILES string of the molecule is CS(=O)(=O)C1CCN(S)CC1. The lowest BCUT2D eigenvalue weighted by molar-refractivity contribution is 0.383. The second-order valence-corrected chi connectivity index (χ2v) is 5.87. The molecule has 11 heavy (non-hydrogen) atoms. The van der Waals surface area contributed by atoms with Gasteiger partial charge >= 0.3 is 0 Å². The van der Waals surface area contributed by atoms with Crippen LogP contribution in [0.2, 0.25) is 0 Å². The van der Waals surface area contributed by atoms with Crippen molar-refractivity contribution in [1.29, 1.82) is 0 Å². The maximum absolute atomic E-state index is 11.0. The molecule has 66 valence electrons. The summed E-state index contributed by atoms with van der Waals surface area (Å²) in [5, 5.41) is -0.133. The number of hydrogen-bond acceptors (Lipinski definition) is 4. The molecule has 0 aromatic carbocycles. The van der Waals surface area contributed by atoms with Gasteiger partial charge in [-0.3, -0.25) is 4.31 Å². The van der Waals surface area contributed by atoms with Crippen molar-refractivity contribution in [3.63, 3.8) is 0 Å². The van der Waals surface area contributed by atoms with E-state index in [4.69, 9.17) is 0 Å². The lowest BCUT2D eigenvalue weighted by Gasteiger charge is -2.26. The predicted octanol–water partition coefficient (Wildman–Crippen LogP) is 0.340. The van der Waals surface area contributed by atoms with Crippen molar-refractivity contribution < 1.29 is 8.42 Å². The molecule has 0 saturated carbocycles. The van der Waals surface area contributed by atoms with Crippen molar-refractivity contribution in [2.24, 2.45) is 0 Å². The fourth-order valence-corrected chi connectivity index (χ4v) is 2.57. The van der Waals surface area contributed by atoms with E-state index in [2.05, 4.69) is 12.8 Å². The molecule has 3 nitrogen and oxygen atoms in total. The first-order valence-electron chi connectivity index (χ1n) is 3.63. The number of sulfone groups is 1. The Labute approximate surface area is 73.2 Å². The van der Waals surface area contributed by atoms with E-state index in [1.54, 1.807) is 0 Å². The van der Waals surface area contributed by atoms with E-state index in [0.29, 0.717) is 0 Å². The van der Waals surface area contributed by atoms with Crippen molar-refractivity contribution in [1.82, 2.24) is 4.31 Å². The van der Waals surface area contributed by atoms with Gasteiger partial charge in [0, 0.05) is 19.3 Å². The van der Waals surface area contributed by atoms with Crippen molar-refractivity contribution in [2.45, 2.75) is 18.1 Å². The van der Waals surface area contributed by atoms with Crippen LogP contribution in [-0.2, 0) is 9.84 Å². The minimum atomic E-state index is -2.81. The lowest BCUT2D eigenvalue weighted by Crippen LogP contribution is -2.34. The average Bonchev–Trinajstić information content (AvgIpc) is 1.86. The Morgan fingerprint density at radius 2 is 1.82 bits per heavy atom. The van der Waals surface area contributed by atoms with Gasteiger partial charge in [-0.25, -0.2) is 8.42 Å². The highest BCUT2D eigenvalue weighted by atomic mass is 32.2. The molecule has 1 saturated heterocycles. The van der Waals surface area contributed by atoms with Crippen LogP contribution in [0, 0.1) is 0 Å². The standard InChI is InChI=1S/C6H13NO2S2/c1-11(8,9)6-2-4-7(10)5-3-6/h6,10H,2-5H2,1H3. The second-order valence-electron chi connectivity index (χ2n) is 2.98. The molecule has 0 aromatic rings. The number of nitrogens with zero attached hydrogens (tertiary/aromatic N) is 1. The van der Waals surface area contributed by atoms with Crippen LogP contribution in [0.4, 0.5) is 0 Å². The molecule has 0 radical (unpaired) electrons. The highest BCUT2D eigenvalue weighted by molar-refractivity contribution is 7.91. The van der Waals surface area contributed by atoms with Gasteiger partial charge in [0.2, 0.25) is 0 Å². The topological polar surface area (TPSA) is 37.4 Å². The molecule has 0 aliphatic carbocycles. The third-order valence-corrected chi connectivity index (χ3v) is 4.11. The molecule has 1 aliphatic rings. The minimum Gasteiger partial charge on any atom is -0.253 e. The molecule has 1 fully saturated rings. The molecular formula is C6H13NO2S2. The highest BCUT2D eigenvalue weighted by Crippen LogP contribution is 2.17. The Morgan fingerprint density at radius 1 is 1.36 bits per heavy atom. The van der Waals surface area contributed by atoms with E-state index in [-0.39, 0.29) is 5.25 Å². The van der Waals surface area contributed by atoms with Gasteiger partial charge in [0.05, 0.1) is 5.25 Å². The van der Waals surface area contributed by atoms with E-state index in [9.17, 15) is 8.42 Å². The van der Waals surface area contributed by atoms with Crippen LogP contribution >= 0.6 is 12.8 Å². The van der Waals surface area contributed by atoms with Crippen LogP contribution in [0.25, 0.3) is 0 Å². The zero-order valence-corrected chi connectivity index (χ0v) is 8.24. The summed E-state index contributed by atoms with van der Waals surface area (Å²) in [7, 11) is -2.81. The summed E-state index contributed by atoms with van der Waals surface area (Å²) in [5.41, 5.74) is 0. The smallest absolute Gasteiger partial charge is 0.150 e. The quantitative estimate of drug-likeness (QED) is 0.613. The molecule has 0 unspecified atom stereocenters. The maximum atomic E-state index is 11.0. The average molecular weight is 195 g/mol. The summed E-state index contributed by atoms with van der Waals surface area (Å²) >= 11 is 4.14. The first kappa shape index (κ1) is 9.35. The molecule has 0 aromatic heterocycles. The van der Waals surface area contributed by atoms with Crippen molar-refractivity contribution in [2.75, 3.05) is 19.3 Å². The zero-order valence-electron chi connectivity index (χ0n) is 6.52. The zero-order chi connectivity index (χ0) is 8.48. The molecule has 0 amide bonds. The van der Waals surface area contributed by atoms with E-state index in [1.165, 1.54) is 6.26 Å². The van der Waals surface area contributed by atoms with E-state index in [1.807, 2.05) is 4.31 Å². The molecule has 1 aliphatic heterocycles. The van der Waals surface area contributed by atoms with Gasteiger partial charge in [0.15, 0.2) is 0 Å². The third-order valence-electron chi connectivity index (χ3n) is 2.02. The van der Waals surface area contributed by atoms with Gasteiger partial charge in [-0.2, -0.15) is 0 Å². The largest absolute Gasteiger partial charge is 0.253 e. The summed E-state index contributed by atoms with van der Waals surface area (Å²) < 4.78 is 24.0. The van der Waals surface area contributed by atoms with Gasteiger partial charge in [-0.1, -0.05) is 12.8 Å². The Bertz CT molecular complexity index is 217. The predicted molar refractivity (Wildman–Crippen MR) is 48.4 cm³/mol. The summed E-state index contributed by atoms with van der Waals surface area (Å²) in [5.74, 6) is 0. The minimum absolute atomic E-state index is 0.133. The molecule has 0 N–H and O–H groups in total. The van der Waals surface area contributed by atoms with Gasteiger partial charge < -0.3 is 0 Å². The highest BCUT2D eigenvalue weighted by Gasteiger charge is 2.24. The molecular weight excluding hydrogens is 182 g/mol. The fraction of sp³-hybridized carbons (Fsp3) is 1.00. The van der Waals surface area contributed by atoms with Crippen LogP contribution in [0.5, 0.6) is 0 Å². The van der Waals surface area contributed by atoms with E-state index >= 15 is 0 Å². The van der Waals surface area contributed by atoms with Gasteiger partial charge in [0.25, 0.3) is 0 Å². The Morgan fingerprint density at radius 3 is 2.18 bits per heavy atom. The van der Waals surface area contributed by atoms with Gasteiger partial charge in [-0.15, -0.1) is 0 Å². The lowest BCUT2D eigenvalue weighted by atomic mass is 10.2. The fourth-order valence-electron chi connectivity index (χ4n) is 1.27. The van der Waals surface area contributed by atoms with Crippen LogP contribution in [-0.4, -0.2) is 37.3 Å². The summed E-state index contributed by atoms with van der Waals surface area (Å²) in [6.45, 7) is 1.56. The first-order chi connectivity index (χ1) is 5.00. The first-order valence-corrected chi connectivity index (χ1v) is 5.98. The molecule has 0 bridgehead atoms. The summed E-state index contributed by atoms with van der Waals surface area (Å²) in [6, 6.07) is 0. The van der Waals surface area contributed by atoms with Gasteiger partial charge in [-0.05, 0) is 12.8 Å². The summed E-state index contributed by atoms with van der Waals surface area (Å²) in [4.78, 5) is 0. The summed E-state index contributed by atoms with van der Waals surface area (Å²) in [6.07, 6.45) is 2.76. The van der Waals surface area contributed by atoms with Crippen LogP contribution in [0.15, 0.2) is 0 Å². The normalized spacial score (nSPS) is 23.8. The van der Waals surface area contributed by atoms with Crippen LogP contribution in [0.3, 0.4) is 0 Å². The van der Waals surface area contributed by atoms with E-state index in [0.717, 1.165) is 25.9 Å². The van der Waals surface area contributed by atoms with Gasteiger partial charge in [0.1, 0.15) is 9.84 Å².